The van der Waals surface area contributed by atoms with Crippen LogP contribution in [0, 0.1) is 11.8 Å². The average molecular weight is 396 g/mol. The maximum Gasteiger partial charge on any atom is 0.333 e. The van der Waals surface area contributed by atoms with Crippen LogP contribution in [0.2, 0.25) is 0 Å². The summed E-state index contributed by atoms with van der Waals surface area (Å²) in [5.41, 5.74) is -0.477. The summed E-state index contributed by atoms with van der Waals surface area (Å²) in [5.74, 6) is -4.75. The summed E-state index contributed by atoms with van der Waals surface area (Å²) in [6.45, 7) is 8.55. The van der Waals surface area contributed by atoms with E-state index >= 15 is 0 Å². The summed E-state index contributed by atoms with van der Waals surface area (Å²) in [5, 5.41) is 9.39. The van der Waals surface area contributed by atoms with Crippen LogP contribution in [0.5, 0.6) is 0 Å². The first-order valence-corrected chi connectivity index (χ1v) is 9.19. The van der Waals surface area contributed by atoms with Gasteiger partial charge in [-0.1, -0.05) is 6.58 Å². The fourth-order valence-electron chi connectivity index (χ4n) is 4.01. The first-order valence-electron chi connectivity index (χ1n) is 9.19. The van der Waals surface area contributed by atoms with Crippen molar-refractivity contribution in [2.45, 2.75) is 70.1 Å². The molecule has 3 heterocycles. The Hall–Kier alpha value is -2.42. The van der Waals surface area contributed by atoms with E-state index in [0.29, 0.717) is 18.4 Å². The zero-order chi connectivity index (χ0) is 20.8. The molecule has 0 aromatic rings. The molecule has 9 nitrogen and oxygen atoms in total. The highest BCUT2D eigenvalue weighted by Crippen LogP contribution is 2.51. The molecule has 3 saturated heterocycles. The van der Waals surface area contributed by atoms with Gasteiger partial charge in [0.15, 0.2) is 12.2 Å². The van der Waals surface area contributed by atoms with Crippen molar-refractivity contribution in [3.05, 3.63) is 12.2 Å². The molecule has 0 radical (unpaired) electrons. The normalized spacial score (nSPS) is 32.8. The second kappa shape index (κ2) is 7.20. The van der Waals surface area contributed by atoms with E-state index in [1.165, 1.54) is 0 Å². The molecule has 3 aliphatic rings. The van der Waals surface area contributed by atoms with Crippen molar-refractivity contribution in [3.63, 3.8) is 0 Å². The second-order valence-electron chi connectivity index (χ2n) is 8.09. The van der Waals surface area contributed by atoms with Gasteiger partial charge < -0.3 is 24.1 Å². The van der Waals surface area contributed by atoms with Crippen LogP contribution in [0.1, 0.15) is 40.0 Å². The average Bonchev–Trinajstić information content (AvgIpc) is 3.17. The third kappa shape index (κ3) is 3.63. The van der Waals surface area contributed by atoms with Gasteiger partial charge in [-0.25, -0.2) is 4.79 Å². The highest BCUT2D eigenvalue weighted by molar-refractivity contribution is 5.87. The van der Waals surface area contributed by atoms with Crippen molar-refractivity contribution in [1.29, 1.82) is 0 Å². The largest absolute Gasteiger partial charge is 0.481 e. The minimum Gasteiger partial charge on any atom is -0.481 e. The first kappa shape index (κ1) is 20.3. The molecule has 1 N–H and O–H groups in total. The molecule has 0 amide bonds. The van der Waals surface area contributed by atoms with Gasteiger partial charge >= 0.3 is 23.9 Å². The molecular formula is C19H24O9. The number of carboxylic acid groups (broad SMARTS) is 1. The number of hydrogen-bond donors (Lipinski definition) is 1. The van der Waals surface area contributed by atoms with Crippen molar-refractivity contribution in [3.8, 4) is 0 Å². The monoisotopic (exact) mass is 396 g/mol. The van der Waals surface area contributed by atoms with E-state index in [1.807, 2.05) is 0 Å². The molecule has 9 heteroatoms. The van der Waals surface area contributed by atoms with Crippen LogP contribution >= 0.6 is 0 Å². The highest BCUT2D eigenvalue weighted by atomic mass is 16.7. The molecule has 28 heavy (non-hydrogen) atoms. The first-order chi connectivity index (χ1) is 13.0. The molecule has 0 spiro atoms. The second-order valence-corrected chi connectivity index (χ2v) is 8.09. The van der Waals surface area contributed by atoms with Crippen LogP contribution in [0.3, 0.4) is 0 Å². The summed E-state index contributed by atoms with van der Waals surface area (Å²) in [7, 11) is 0. The molecule has 0 aromatic heterocycles. The standard InChI is InChI=1S/C19H24O9/c1-8(2)17(23)28-19(3,4)7-5-6-9(20)25-14-12-10(16(21)22)11-13(26-12)15(14)27-18(11)24/h10-15H,1,5-7H2,2-4H3,(H,21,22). The van der Waals surface area contributed by atoms with Gasteiger partial charge in [0.25, 0.3) is 0 Å². The summed E-state index contributed by atoms with van der Waals surface area (Å²) >= 11 is 0. The Kier molecular flexibility index (Phi) is 5.22. The lowest BCUT2D eigenvalue weighted by Gasteiger charge is -2.27. The van der Waals surface area contributed by atoms with Crippen molar-refractivity contribution >= 4 is 23.9 Å². The van der Waals surface area contributed by atoms with Gasteiger partial charge in [0.2, 0.25) is 0 Å². The molecule has 6 atom stereocenters. The number of carbonyl (C=O) groups is 4. The molecular weight excluding hydrogens is 372 g/mol. The Morgan fingerprint density at radius 3 is 2.50 bits per heavy atom. The zero-order valence-corrected chi connectivity index (χ0v) is 16.0. The van der Waals surface area contributed by atoms with Crippen molar-refractivity contribution < 1.29 is 43.2 Å². The maximum absolute atomic E-state index is 12.2. The zero-order valence-electron chi connectivity index (χ0n) is 16.0. The lowest BCUT2D eigenvalue weighted by Crippen LogP contribution is -2.47. The van der Waals surface area contributed by atoms with Crippen LogP contribution in [-0.2, 0) is 38.1 Å². The van der Waals surface area contributed by atoms with E-state index in [9.17, 15) is 24.3 Å². The summed E-state index contributed by atoms with van der Waals surface area (Å²) in [6, 6.07) is 0. The number of ether oxygens (including phenoxy) is 4. The summed E-state index contributed by atoms with van der Waals surface area (Å²) in [6.07, 6.45) is -2.38. The van der Waals surface area contributed by atoms with E-state index in [2.05, 4.69) is 6.58 Å². The number of esters is 3. The van der Waals surface area contributed by atoms with Crippen LogP contribution < -0.4 is 0 Å². The molecule has 0 aromatic carbocycles. The topological polar surface area (TPSA) is 125 Å². The Balaban J connectivity index is 1.52. The van der Waals surface area contributed by atoms with Crippen LogP contribution in [0.4, 0.5) is 0 Å². The molecule has 3 fully saturated rings. The third-order valence-corrected chi connectivity index (χ3v) is 5.33. The lowest BCUT2D eigenvalue weighted by molar-refractivity contribution is -0.163. The summed E-state index contributed by atoms with van der Waals surface area (Å²) < 4.78 is 21.5. The SMILES string of the molecule is C=C(C)C(=O)OC(C)(C)CCCC(=O)OC1C2OC(=O)C3C2OC1C3C(=O)O. The Morgan fingerprint density at radius 2 is 1.89 bits per heavy atom. The molecule has 2 bridgehead atoms. The van der Waals surface area contributed by atoms with Crippen LogP contribution in [0.25, 0.3) is 0 Å². The molecule has 0 saturated carbocycles. The van der Waals surface area contributed by atoms with Gasteiger partial charge in [0, 0.05) is 12.0 Å². The number of fused-ring (bicyclic) bond motifs is 1. The molecule has 6 unspecified atom stereocenters. The Morgan fingerprint density at radius 1 is 1.21 bits per heavy atom. The molecule has 154 valence electrons. The number of aliphatic carboxylic acids is 1. The van der Waals surface area contributed by atoms with Gasteiger partial charge in [-0.05, 0) is 33.6 Å². The lowest BCUT2D eigenvalue weighted by atomic mass is 9.78. The quantitative estimate of drug-likeness (QED) is 0.363. The minimum atomic E-state index is -1.17. The number of hydrogen-bond acceptors (Lipinski definition) is 8. The minimum absolute atomic E-state index is 0.0454. The number of carbonyl (C=O) groups excluding carboxylic acids is 3. The number of carboxylic acids is 1. The van der Waals surface area contributed by atoms with Gasteiger partial charge in [-0.3, -0.25) is 14.4 Å². The Bertz CT molecular complexity index is 725. The molecule has 3 aliphatic heterocycles. The van der Waals surface area contributed by atoms with E-state index in [4.69, 9.17) is 18.9 Å². The van der Waals surface area contributed by atoms with E-state index in [0.717, 1.165) is 0 Å². The number of rotatable bonds is 8. The fraction of sp³-hybridized carbons (Fsp3) is 0.684. The summed E-state index contributed by atoms with van der Waals surface area (Å²) in [4.78, 5) is 47.3. The molecule has 0 aliphatic carbocycles. The van der Waals surface area contributed by atoms with Gasteiger partial charge in [-0.2, -0.15) is 0 Å². The van der Waals surface area contributed by atoms with Gasteiger partial charge in [0.1, 0.15) is 29.6 Å². The third-order valence-electron chi connectivity index (χ3n) is 5.33. The van der Waals surface area contributed by atoms with Crippen LogP contribution in [0.15, 0.2) is 12.2 Å². The Labute approximate surface area is 161 Å². The van der Waals surface area contributed by atoms with Crippen molar-refractivity contribution in [2.75, 3.05) is 0 Å². The van der Waals surface area contributed by atoms with E-state index < -0.39 is 65.7 Å². The molecule has 3 rings (SSSR count). The smallest absolute Gasteiger partial charge is 0.333 e. The predicted molar refractivity (Wildman–Crippen MR) is 91.9 cm³/mol. The van der Waals surface area contributed by atoms with E-state index in [-0.39, 0.29) is 6.42 Å². The van der Waals surface area contributed by atoms with Gasteiger partial charge in [-0.15, -0.1) is 0 Å². The maximum atomic E-state index is 12.2. The van der Waals surface area contributed by atoms with Crippen molar-refractivity contribution in [1.82, 2.24) is 0 Å². The fourth-order valence-corrected chi connectivity index (χ4v) is 4.01. The highest BCUT2D eigenvalue weighted by Gasteiger charge is 2.71. The van der Waals surface area contributed by atoms with Crippen LogP contribution in [-0.4, -0.2) is 59.0 Å². The van der Waals surface area contributed by atoms with E-state index in [1.54, 1.807) is 20.8 Å². The van der Waals surface area contributed by atoms with Crippen molar-refractivity contribution in [2.24, 2.45) is 11.8 Å². The van der Waals surface area contributed by atoms with Gasteiger partial charge in [0.05, 0.1) is 0 Å². The predicted octanol–water partition coefficient (Wildman–Crippen LogP) is 0.990.